The van der Waals surface area contributed by atoms with Gasteiger partial charge in [0.1, 0.15) is 0 Å². The third-order valence-corrected chi connectivity index (χ3v) is 1.94. The van der Waals surface area contributed by atoms with Gasteiger partial charge < -0.3 is 0 Å². The van der Waals surface area contributed by atoms with E-state index >= 15 is 0 Å². The van der Waals surface area contributed by atoms with Crippen LogP contribution in [0.3, 0.4) is 0 Å². The molecule has 0 saturated heterocycles. The minimum Gasteiger partial charge on any atom is -0.194 e. The molecule has 11 heavy (non-hydrogen) atoms. The lowest BCUT2D eigenvalue weighted by atomic mass is 10.2. The molecule has 0 saturated carbocycles. The average Bonchev–Trinajstić information content (AvgIpc) is 1.85. The molecular weight excluding hydrogens is 186 g/mol. The Balaban J connectivity index is 3.16. The zero-order valence-electron chi connectivity index (χ0n) is 6.29. The van der Waals surface area contributed by atoms with E-state index in [-0.39, 0.29) is 0 Å². The summed E-state index contributed by atoms with van der Waals surface area (Å²) in [4.78, 5) is 0. The van der Waals surface area contributed by atoms with E-state index in [4.69, 9.17) is 10.7 Å². The summed E-state index contributed by atoms with van der Waals surface area (Å²) in [6, 6.07) is 0. The van der Waals surface area contributed by atoms with Crippen molar-refractivity contribution in [3.63, 3.8) is 0 Å². The minimum absolute atomic E-state index is 0.297. The second kappa shape index (κ2) is 5.80. The summed E-state index contributed by atoms with van der Waals surface area (Å²) >= 11 is 0. The second-order valence-electron chi connectivity index (χ2n) is 2.18. The van der Waals surface area contributed by atoms with Gasteiger partial charge in [-0.05, 0) is 6.42 Å². The van der Waals surface area contributed by atoms with Crippen LogP contribution in [0.15, 0.2) is 0 Å². The fourth-order valence-electron chi connectivity index (χ4n) is 0.639. The molecule has 0 atom stereocenters. The first-order chi connectivity index (χ1) is 5.06. The highest BCUT2D eigenvalue weighted by molar-refractivity contribution is 8.12. The molecule has 0 aliphatic rings. The van der Waals surface area contributed by atoms with Crippen molar-refractivity contribution in [1.82, 2.24) is 4.72 Å². The highest BCUT2D eigenvalue weighted by Gasteiger charge is 2.03. The van der Waals surface area contributed by atoms with Gasteiger partial charge in [0.05, 0.1) is 0 Å². The highest BCUT2D eigenvalue weighted by Crippen LogP contribution is 1.99. The van der Waals surface area contributed by atoms with E-state index in [0.717, 1.165) is 25.7 Å². The summed E-state index contributed by atoms with van der Waals surface area (Å²) in [5.74, 6) is 0. The van der Waals surface area contributed by atoms with E-state index in [1.165, 1.54) is 0 Å². The highest BCUT2D eigenvalue weighted by atomic mass is 35.7. The van der Waals surface area contributed by atoms with Crippen LogP contribution < -0.4 is 4.72 Å². The van der Waals surface area contributed by atoms with Crippen LogP contribution >= 0.6 is 10.7 Å². The third-order valence-electron chi connectivity index (χ3n) is 1.15. The Morgan fingerprint density at radius 1 is 1.27 bits per heavy atom. The molecule has 0 unspecified atom stereocenters. The first-order valence-corrected chi connectivity index (χ1v) is 5.75. The van der Waals surface area contributed by atoms with Crippen molar-refractivity contribution in [1.29, 1.82) is 0 Å². The zero-order chi connectivity index (χ0) is 8.74. The number of hydrogen-bond donors (Lipinski definition) is 0. The summed E-state index contributed by atoms with van der Waals surface area (Å²) in [5, 5.41) is 0. The first-order valence-electron chi connectivity index (χ1n) is 3.49. The number of unbranched alkanes of at least 4 members (excludes halogenated alkanes) is 3. The van der Waals surface area contributed by atoms with E-state index in [2.05, 4.69) is 11.6 Å². The van der Waals surface area contributed by atoms with E-state index in [0.29, 0.717) is 6.54 Å². The van der Waals surface area contributed by atoms with Crippen molar-refractivity contribution >= 4 is 19.9 Å². The van der Waals surface area contributed by atoms with E-state index in [1.807, 2.05) is 0 Å². The van der Waals surface area contributed by atoms with Gasteiger partial charge in [0.15, 0.2) is 0 Å². The molecule has 5 heteroatoms. The minimum atomic E-state index is -3.63. The molecule has 0 amide bonds. The first kappa shape index (κ1) is 11.2. The van der Waals surface area contributed by atoms with Gasteiger partial charge in [-0.1, -0.05) is 26.2 Å². The van der Waals surface area contributed by atoms with E-state index in [1.54, 1.807) is 0 Å². The molecule has 0 N–H and O–H groups in total. The molecule has 0 fully saturated rings. The van der Waals surface area contributed by atoms with Crippen molar-refractivity contribution in [2.75, 3.05) is 6.54 Å². The maximum absolute atomic E-state index is 10.3. The van der Waals surface area contributed by atoms with Crippen molar-refractivity contribution in [2.24, 2.45) is 0 Å². The summed E-state index contributed by atoms with van der Waals surface area (Å²) in [7, 11) is 1.21. The lowest BCUT2D eigenvalue weighted by Gasteiger charge is -1.96. The SMILES string of the molecule is [CH2]CCCCC[N]S(=O)(=O)Cl. The van der Waals surface area contributed by atoms with Crippen LogP contribution in [0.2, 0.25) is 0 Å². The largest absolute Gasteiger partial charge is 0.313 e. The molecule has 0 aromatic rings. The van der Waals surface area contributed by atoms with Gasteiger partial charge in [-0.3, -0.25) is 0 Å². The average molecular weight is 198 g/mol. The van der Waals surface area contributed by atoms with Gasteiger partial charge >= 0.3 is 9.24 Å². The maximum Gasteiger partial charge on any atom is 0.313 e. The van der Waals surface area contributed by atoms with Gasteiger partial charge in [-0.2, -0.15) is 8.42 Å². The lowest BCUT2D eigenvalue weighted by Crippen LogP contribution is -2.10. The normalized spacial score (nSPS) is 11.8. The van der Waals surface area contributed by atoms with Crippen molar-refractivity contribution in [3.8, 4) is 0 Å². The van der Waals surface area contributed by atoms with Gasteiger partial charge in [-0.25, -0.2) is 0 Å². The molecule has 0 heterocycles. The third kappa shape index (κ3) is 10.2. The standard InChI is InChI=1S/C6H12ClNO2S/c1-2-3-4-5-6-8-11(7,9)10/h1-6H2. The van der Waals surface area contributed by atoms with Crippen LogP contribution in [0, 0.1) is 6.92 Å². The van der Waals surface area contributed by atoms with Gasteiger partial charge in [0.2, 0.25) is 0 Å². The summed E-state index contributed by atoms with van der Waals surface area (Å²) in [6.45, 7) is 3.95. The Labute approximate surface area is 72.7 Å². The van der Waals surface area contributed by atoms with Crippen LogP contribution in [0.1, 0.15) is 25.7 Å². The van der Waals surface area contributed by atoms with Gasteiger partial charge in [0, 0.05) is 17.2 Å². The quantitative estimate of drug-likeness (QED) is 0.478. The molecule has 0 aromatic heterocycles. The number of halogens is 1. The molecule has 0 bridgehead atoms. The summed E-state index contributed by atoms with van der Waals surface area (Å²) in [6.07, 6.45) is 3.62. The maximum atomic E-state index is 10.3. The van der Waals surface area contributed by atoms with Gasteiger partial charge in [-0.15, -0.1) is 4.72 Å². The number of rotatable bonds is 6. The molecule has 2 radical (unpaired) electrons. The fourth-order valence-corrected chi connectivity index (χ4v) is 1.19. The van der Waals surface area contributed by atoms with Crippen molar-refractivity contribution < 1.29 is 8.42 Å². The van der Waals surface area contributed by atoms with Gasteiger partial charge in [0.25, 0.3) is 0 Å². The molecule has 3 nitrogen and oxygen atoms in total. The monoisotopic (exact) mass is 197 g/mol. The van der Waals surface area contributed by atoms with Crippen molar-refractivity contribution in [2.45, 2.75) is 25.7 Å². The molecule has 0 aromatic carbocycles. The number of nitrogens with zero attached hydrogens (tertiary/aromatic N) is 1. The zero-order valence-corrected chi connectivity index (χ0v) is 7.86. The van der Waals surface area contributed by atoms with E-state index < -0.39 is 9.24 Å². The summed E-state index contributed by atoms with van der Waals surface area (Å²) < 4.78 is 23.7. The Bertz CT molecular complexity index is 179. The van der Waals surface area contributed by atoms with Crippen LogP contribution in [0.5, 0.6) is 0 Å². The molecular formula is C6H12ClNO2S. The Morgan fingerprint density at radius 2 is 1.91 bits per heavy atom. The van der Waals surface area contributed by atoms with Crippen LogP contribution in [0.4, 0.5) is 0 Å². The molecule has 0 aliphatic carbocycles. The number of hydrogen-bond acceptors (Lipinski definition) is 2. The summed E-state index contributed by atoms with van der Waals surface area (Å²) in [5.41, 5.74) is 0. The Morgan fingerprint density at radius 3 is 2.36 bits per heavy atom. The van der Waals surface area contributed by atoms with Crippen molar-refractivity contribution in [3.05, 3.63) is 6.92 Å². The molecule has 0 rings (SSSR count). The van der Waals surface area contributed by atoms with E-state index in [9.17, 15) is 8.42 Å². The molecule has 0 spiro atoms. The topological polar surface area (TPSA) is 48.2 Å². The molecule has 66 valence electrons. The second-order valence-corrected chi connectivity index (χ2v) is 4.43. The predicted octanol–water partition coefficient (Wildman–Crippen LogP) is 1.47. The van der Waals surface area contributed by atoms with Crippen LogP contribution in [-0.4, -0.2) is 15.0 Å². The fraction of sp³-hybridized carbons (Fsp3) is 0.833. The smallest absolute Gasteiger partial charge is 0.194 e. The van der Waals surface area contributed by atoms with Crippen LogP contribution in [-0.2, 0) is 9.24 Å². The Hall–Kier alpha value is 0.200. The molecule has 0 aliphatic heterocycles. The van der Waals surface area contributed by atoms with Crippen LogP contribution in [0.25, 0.3) is 0 Å². The predicted molar refractivity (Wildman–Crippen MR) is 45.6 cm³/mol. The lowest BCUT2D eigenvalue weighted by molar-refractivity contribution is 0.586. The Kier molecular flexibility index (Phi) is 5.91.